The van der Waals surface area contributed by atoms with Crippen LogP contribution in [-0.2, 0) is 19.1 Å². The number of hydroxylamine groups is 2. The van der Waals surface area contributed by atoms with Crippen molar-refractivity contribution >= 4 is 52.4 Å². The molecule has 0 aromatic heterocycles. The number of ether oxygens (including phenoxy) is 1. The number of amides is 3. The zero-order chi connectivity index (χ0) is 36.9. The number of carboxylic acids is 1. The number of nitrogens with zero attached hydrogens (tertiary/aromatic N) is 6. The Labute approximate surface area is 297 Å². The van der Waals surface area contributed by atoms with Crippen LogP contribution in [0.5, 0.6) is 0 Å². The van der Waals surface area contributed by atoms with Gasteiger partial charge in [0.1, 0.15) is 23.9 Å². The predicted octanol–water partition coefficient (Wildman–Crippen LogP) is 2.03. The number of hydrogen-bond donors (Lipinski definition) is 2. The van der Waals surface area contributed by atoms with Gasteiger partial charge in [-0.05, 0) is 24.3 Å². The van der Waals surface area contributed by atoms with Crippen LogP contribution in [-0.4, -0.2) is 129 Å². The van der Waals surface area contributed by atoms with Crippen molar-refractivity contribution in [1.29, 1.82) is 0 Å². The van der Waals surface area contributed by atoms with Crippen LogP contribution in [0.1, 0.15) is 30.1 Å². The van der Waals surface area contributed by atoms with E-state index in [1.165, 1.54) is 24.0 Å². The summed E-state index contributed by atoms with van der Waals surface area (Å²) in [6.07, 6.45) is 0.917. The number of carboxylic acid groups (broad SMARTS) is 1. The average Bonchev–Trinajstić information content (AvgIpc) is 3.92. The molecule has 5 aliphatic rings. The van der Waals surface area contributed by atoms with Crippen LogP contribution in [0.15, 0.2) is 42.1 Å². The molecule has 0 bridgehead atoms. The summed E-state index contributed by atoms with van der Waals surface area (Å²) in [6.45, 7) is 5.06. The smallest absolute Gasteiger partial charge is 0.414 e. The predicted molar refractivity (Wildman–Crippen MR) is 185 cm³/mol. The molecule has 17 heteroatoms. The maximum atomic E-state index is 15.4. The Morgan fingerprint density at radius 3 is 2.23 bits per heavy atom. The molecule has 4 aliphatic heterocycles. The highest BCUT2D eigenvalue weighted by Gasteiger charge is 2.47. The lowest BCUT2D eigenvalue weighted by molar-refractivity contribution is -0.133. The number of nitrogens with one attached hydrogen (secondary N) is 1. The number of quaternary nitrogens is 1. The molecule has 1 aliphatic carbocycles. The fraction of sp³-hybridized carbons (Fsp3) is 0.457. The normalized spacial score (nSPS) is 23.7. The van der Waals surface area contributed by atoms with E-state index in [9.17, 15) is 34.3 Å². The number of anilines is 3. The van der Waals surface area contributed by atoms with E-state index in [1.807, 2.05) is 9.80 Å². The van der Waals surface area contributed by atoms with Gasteiger partial charge in [-0.3, -0.25) is 28.8 Å². The van der Waals surface area contributed by atoms with Crippen LogP contribution < -0.4 is 24.7 Å². The SMILES string of the molecule is CC(=O)NC[C@H]1CN(c2ccc(N3CCN(C(=O)CN4CCN(c5cc6c(cc5F)C(=O)C(C(=O)O)=C[N+]6([O-])C5CC5)CC4)CC3)c(F)c2)C(=O)O1. The maximum Gasteiger partial charge on any atom is 0.414 e. The number of halogens is 2. The molecule has 0 radical (unpaired) electrons. The van der Waals surface area contributed by atoms with E-state index in [0.717, 1.165) is 12.3 Å². The summed E-state index contributed by atoms with van der Waals surface area (Å²) in [7, 11) is 0. The molecule has 7 rings (SSSR count). The highest BCUT2D eigenvalue weighted by molar-refractivity contribution is 6.26. The highest BCUT2D eigenvalue weighted by atomic mass is 19.1. The van der Waals surface area contributed by atoms with E-state index >= 15 is 8.78 Å². The minimum atomic E-state index is -1.52. The Morgan fingerprint density at radius 2 is 1.60 bits per heavy atom. The van der Waals surface area contributed by atoms with Crippen molar-refractivity contribution in [2.45, 2.75) is 31.9 Å². The minimum Gasteiger partial charge on any atom is -0.622 e. The quantitative estimate of drug-likeness (QED) is 0.221. The van der Waals surface area contributed by atoms with Gasteiger partial charge < -0.3 is 35.1 Å². The van der Waals surface area contributed by atoms with Crippen molar-refractivity contribution in [2.75, 3.05) is 86.7 Å². The lowest BCUT2D eigenvalue weighted by atomic mass is 9.96. The molecule has 2 N–H and O–H groups in total. The summed E-state index contributed by atoms with van der Waals surface area (Å²) in [5.74, 6) is -3.96. The van der Waals surface area contributed by atoms with Gasteiger partial charge in [-0.25, -0.2) is 18.4 Å². The topological polar surface area (TPSA) is 166 Å². The second kappa shape index (κ2) is 13.8. The maximum absolute atomic E-state index is 15.4. The molecule has 276 valence electrons. The number of piperazine rings is 2. The standard InChI is InChI=1S/C35H39F2N7O8/c1-21(45)38-17-24-18-43(35(50)52-24)22-2-5-29(27(36)14-22)40-10-12-42(13-11-40)32(46)19-39-6-8-41(9-7-39)30-16-31-25(15-28(30)37)33(47)26(34(48)49)20-44(31,51)23-3-4-23/h2,5,14-16,20,23-24H,3-4,6-13,17-19H2,1H3,(H,38,45)(H,48,49)/t24-,44?/m0/s1. The molecule has 4 fully saturated rings. The number of aliphatic carboxylic acids is 1. The molecule has 3 saturated heterocycles. The third kappa shape index (κ3) is 6.78. The fourth-order valence-corrected chi connectivity index (χ4v) is 7.29. The van der Waals surface area contributed by atoms with Gasteiger partial charge in [0.05, 0.1) is 48.3 Å². The van der Waals surface area contributed by atoms with Crippen molar-refractivity contribution in [1.82, 2.24) is 19.8 Å². The summed E-state index contributed by atoms with van der Waals surface area (Å²) in [5.41, 5.74) is 0.0345. The fourth-order valence-electron chi connectivity index (χ4n) is 7.29. The Hall–Kier alpha value is -5.13. The van der Waals surface area contributed by atoms with Crippen LogP contribution in [0.3, 0.4) is 0 Å². The second-order valence-corrected chi connectivity index (χ2v) is 13.8. The van der Waals surface area contributed by atoms with E-state index in [1.54, 1.807) is 21.9 Å². The van der Waals surface area contributed by atoms with Gasteiger partial charge in [-0.1, -0.05) is 0 Å². The van der Waals surface area contributed by atoms with Crippen LogP contribution in [0, 0.1) is 16.8 Å². The molecular formula is C35H39F2N7O8. The van der Waals surface area contributed by atoms with Gasteiger partial charge in [0.15, 0.2) is 11.3 Å². The third-order valence-electron chi connectivity index (χ3n) is 10.3. The van der Waals surface area contributed by atoms with E-state index in [0.29, 0.717) is 76.6 Å². The monoisotopic (exact) mass is 723 g/mol. The summed E-state index contributed by atoms with van der Waals surface area (Å²) in [6, 6.07) is 6.45. The number of hydrogen-bond acceptors (Lipinski definition) is 10. The van der Waals surface area contributed by atoms with Crippen molar-refractivity contribution in [3.63, 3.8) is 0 Å². The first-order valence-corrected chi connectivity index (χ1v) is 17.3. The van der Waals surface area contributed by atoms with Gasteiger partial charge in [-0.2, -0.15) is 0 Å². The summed E-state index contributed by atoms with van der Waals surface area (Å²) in [4.78, 5) is 70.0. The molecule has 52 heavy (non-hydrogen) atoms. The Morgan fingerprint density at radius 1 is 0.942 bits per heavy atom. The summed E-state index contributed by atoms with van der Waals surface area (Å²) >= 11 is 0. The third-order valence-corrected chi connectivity index (χ3v) is 10.3. The summed E-state index contributed by atoms with van der Waals surface area (Å²) < 4.78 is 34.9. The van der Waals surface area contributed by atoms with Gasteiger partial charge in [0.25, 0.3) is 0 Å². The van der Waals surface area contributed by atoms with E-state index in [2.05, 4.69) is 5.32 Å². The van der Waals surface area contributed by atoms with Crippen molar-refractivity contribution in [2.24, 2.45) is 0 Å². The molecule has 1 saturated carbocycles. The van der Waals surface area contributed by atoms with Gasteiger partial charge >= 0.3 is 12.1 Å². The molecule has 2 aromatic carbocycles. The number of Topliss-reactive ketones (excluding diaryl/α,β-unsaturated/α-hetero) is 1. The number of carbonyl (C=O) groups is 5. The Kier molecular flexibility index (Phi) is 9.35. The van der Waals surface area contributed by atoms with Gasteiger partial charge in [0, 0.05) is 78.2 Å². The Balaban J connectivity index is 0.917. The molecule has 2 aromatic rings. The number of ketones is 1. The highest BCUT2D eigenvalue weighted by Crippen LogP contribution is 2.46. The van der Waals surface area contributed by atoms with Gasteiger partial charge in [0.2, 0.25) is 17.6 Å². The van der Waals surface area contributed by atoms with Crippen LogP contribution in [0.4, 0.5) is 36.3 Å². The van der Waals surface area contributed by atoms with Crippen molar-refractivity contribution in [3.05, 3.63) is 64.5 Å². The minimum absolute atomic E-state index is 0.0474. The zero-order valence-electron chi connectivity index (χ0n) is 28.6. The molecule has 1 unspecified atom stereocenters. The number of rotatable bonds is 9. The molecular weight excluding hydrogens is 684 g/mol. The van der Waals surface area contributed by atoms with E-state index in [-0.39, 0.29) is 48.4 Å². The number of benzene rings is 2. The number of fused-ring (bicyclic) bond motifs is 1. The molecule has 2 atom stereocenters. The lowest BCUT2D eigenvalue weighted by Crippen LogP contribution is -2.54. The molecule has 15 nitrogen and oxygen atoms in total. The first-order valence-electron chi connectivity index (χ1n) is 17.3. The first kappa shape index (κ1) is 35.3. The second-order valence-electron chi connectivity index (χ2n) is 13.8. The number of cyclic esters (lactones) is 1. The molecule has 3 amide bonds. The van der Waals surface area contributed by atoms with Gasteiger partial charge in [-0.15, -0.1) is 0 Å². The van der Waals surface area contributed by atoms with E-state index in [4.69, 9.17) is 4.74 Å². The first-order chi connectivity index (χ1) is 24.8. The van der Waals surface area contributed by atoms with Crippen LogP contribution in [0.2, 0.25) is 0 Å². The average molecular weight is 724 g/mol. The summed E-state index contributed by atoms with van der Waals surface area (Å²) in [5, 5.41) is 26.0. The number of carbonyl (C=O) groups excluding carboxylic acids is 4. The molecule has 0 spiro atoms. The van der Waals surface area contributed by atoms with E-state index < -0.39 is 51.8 Å². The van der Waals surface area contributed by atoms with Crippen molar-refractivity contribution in [3.8, 4) is 0 Å². The lowest BCUT2D eigenvalue weighted by Gasteiger charge is -2.43. The zero-order valence-corrected chi connectivity index (χ0v) is 28.6. The van der Waals surface area contributed by atoms with Crippen LogP contribution in [0.25, 0.3) is 0 Å². The van der Waals surface area contributed by atoms with Crippen molar-refractivity contribution < 1.29 is 42.6 Å². The van der Waals surface area contributed by atoms with Crippen LogP contribution >= 0.6 is 0 Å². The molecule has 4 heterocycles. The largest absolute Gasteiger partial charge is 0.622 e. The Bertz CT molecular complexity index is 1860.